The van der Waals surface area contributed by atoms with Gasteiger partial charge in [-0.1, -0.05) is 32.8 Å². The van der Waals surface area contributed by atoms with Crippen molar-refractivity contribution >= 4 is 5.97 Å². The Labute approximate surface area is 161 Å². The standard InChI is InChI=1S/C22H31FO4/c1-3-5-16-13-25-22(26-14-16)19-11-8-17(12-20(19)23)21(24)27-18-9-6-15(4-2)7-10-18/h8,11-12,15-16,18,22H,3-7,9-10,13-14H2,1-2H3/t15?,16-,18?,22-. The van der Waals surface area contributed by atoms with Crippen LogP contribution < -0.4 is 0 Å². The second-order valence-corrected chi connectivity index (χ2v) is 7.85. The molecule has 1 heterocycles. The first kappa shape index (κ1) is 20.3. The second-order valence-electron chi connectivity index (χ2n) is 7.85. The third-order valence-corrected chi connectivity index (χ3v) is 5.80. The van der Waals surface area contributed by atoms with Gasteiger partial charge in [-0.2, -0.15) is 0 Å². The molecule has 1 aromatic carbocycles. The number of carbonyl (C=O) groups excluding carboxylic acids is 1. The number of esters is 1. The largest absolute Gasteiger partial charge is 0.459 e. The summed E-state index contributed by atoms with van der Waals surface area (Å²) in [6, 6.07) is 4.41. The van der Waals surface area contributed by atoms with Gasteiger partial charge in [0.05, 0.1) is 18.8 Å². The average Bonchev–Trinajstić information content (AvgIpc) is 2.69. The Morgan fingerprint density at radius 2 is 1.81 bits per heavy atom. The number of ether oxygens (including phenoxy) is 3. The number of hydrogen-bond acceptors (Lipinski definition) is 4. The van der Waals surface area contributed by atoms with Crippen LogP contribution in [0, 0.1) is 17.7 Å². The van der Waals surface area contributed by atoms with Gasteiger partial charge in [-0.15, -0.1) is 0 Å². The number of rotatable bonds is 6. The lowest BCUT2D eigenvalue weighted by molar-refractivity contribution is -0.207. The maximum absolute atomic E-state index is 14.5. The molecule has 3 rings (SSSR count). The van der Waals surface area contributed by atoms with E-state index in [1.165, 1.54) is 12.5 Å². The van der Waals surface area contributed by atoms with Gasteiger partial charge in [0.1, 0.15) is 11.9 Å². The van der Waals surface area contributed by atoms with Crippen LogP contribution in [0.5, 0.6) is 0 Å². The fourth-order valence-electron chi connectivity index (χ4n) is 4.02. The summed E-state index contributed by atoms with van der Waals surface area (Å²) in [6.45, 7) is 5.47. The van der Waals surface area contributed by atoms with Crippen LogP contribution in [-0.4, -0.2) is 25.3 Å². The molecule has 0 bridgehead atoms. The molecule has 2 fully saturated rings. The number of halogens is 1. The van der Waals surface area contributed by atoms with Crippen molar-refractivity contribution in [3.8, 4) is 0 Å². The van der Waals surface area contributed by atoms with Gasteiger partial charge in [-0.05, 0) is 50.2 Å². The third kappa shape index (κ3) is 5.29. The SMILES string of the molecule is CCC[C@H]1CO[C@H](c2ccc(C(=O)OC3CCC(CC)CC3)cc2F)OC1. The molecule has 0 amide bonds. The summed E-state index contributed by atoms with van der Waals surface area (Å²) in [6.07, 6.45) is 6.52. The molecule has 1 aromatic rings. The van der Waals surface area contributed by atoms with Crippen LogP contribution in [0.1, 0.15) is 81.0 Å². The Morgan fingerprint density at radius 3 is 2.41 bits per heavy atom. The minimum atomic E-state index is -0.701. The number of carbonyl (C=O) groups is 1. The fourth-order valence-corrected chi connectivity index (χ4v) is 4.02. The highest BCUT2D eigenvalue weighted by molar-refractivity contribution is 5.89. The quantitative estimate of drug-likeness (QED) is 0.621. The number of benzene rings is 1. The molecule has 0 N–H and O–H groups in total. The van der Waals surface area contributed by atoms with E-state index in [2.05, 4.69) is 13.8 Å². The van der Waals surface area contributed by atoms with Crippen molar-refractivity contribution in [1.82, 2.24) is 0 Å². The van der Waals surface area contributed by atoms with Crippen LogP contribution in [-0.2, 0) is 14.2 Å². The molecule has 27 heavy (non-hydrogen) atoms. The molecular weight excluding hydrogens is 347 g/mol. The van der Waals surface area contributed by atoms with Gasteiger partial charge in [0, 0.05) is 11.5 Å². The molecule has 150 valence electrons. The molecule has 2 aliphatic rings. The summed E-state index contributed by atoms with van der Waals surface area (Å²) in [5.74, 6) is 0.169. The highest BCUT2D eigenvalue weighted by Gasteiger charge is 2.27. The first-order chi connectivity index (χ1) is 13.1. The normalized spacial score (nSPS) is 28.7. The van der Waals surface area contributed by atoms with E-state index >= 15 is 0 Å². The Morgan fingerprint density at radius 1 is 1.11 bits per heavy atom. The summed E-state index contributed by atoms with van der Waals surface area (Å²) in [5, 5.41) is 0. The summed E-state index contributed by atoms with van der Waals surface area (Å²) < 4.78 is 31.5. The smallest absolute Gasteiger partial charge is 0.338 e. The highest BCUT2D eigenvalue weighted by atomic mass is 19.1. The summed E-state index contributed by atoms with van der Waals surface area (Å²) in [5.41, 5.74) is 0.582. The van der Waals surface area contributed by atoms with Crippen molar-refractivity contribution in [2.45, 2.75) is 71.2 Å². The lowest BCUT2D eigenvalue weighted by Gasteiger charge is -2.29. The van der Waals surface area contributed by atoms with Gasteiger partial charge in [0.2, 0.25) is 0 Å². The summed E-state index contributed by atoms with van der Waals surface area (Å²) in [7, 11) is 0. The lowest BCUT2D eigenvalue weighted by Crippen LogP contribution is -2.27. The Hall–Kier alpha value is -1.46. The van der Waals surface area contributed by atoms with Gasteiger partial charge in [-0.3, -0.25) is 0 Å². The molecule has 0 atom stereocenters. The van der Waals surface area contributed by atoms with Gasteiger partial charge in [0.25, 0.3) is 0 Å². The van der Waals surface area contributed by atoms with Crippen LogP contribution in [0.4, 0.5) is 4.39 Å². The van der Waals surface area contributed by atoms with E-state index in [0.29, 0.717) is 24.7 Å². The van der Waals surface area contributed by atoms with Crippen molar-refractivity contribution in [1.29, 1.82) is 0 Å². The van der Waals surface area contributed by atoms with Gasteiger partial charge >= 0.3 is 5.97 Å². The Kier molecular flexibility index (Phi) is 7.25. The predicted molar refractivity (Wildman–Crippen MR) is 101 cm³/mol. The Balaban J connectivity index is 1.56. The molecular formula is C22H31FO4. The molecule has 0 spiro atoms. The molecule has 1 aliphatic heterocycles. The van der Waals surface area contributed by atoms with Crippen molar-refractivity contribution in [2.75, 3.05) is 13.2 Å². The van der Waals surface area contributed by atoms with Gasteiger partial charge < -0.3 is 14.2 Å². The van der Waals surface area contributed by atoms with Gasteiger partial charge in [-0.25, -0.2) is 9.18 Å². The molecule has 0 unspecified atom stereocenters. The predicted octanol–water partition coefficient (Wildman–Crippen LogP) is 5.41. The zero-order chi connectivity index (χ0) is 19.2. The summed E-state index contributed by atoms with van der Waals surface area (Å²) >= 11 is 0. The van der Waals surface area contributed by atoms with E-state index in [1.54, 1.807) is 12.1 Å². The van der Waals surface area contributed by atoms with Crippen LogP contribution >= 0.6 is 0 Å². The zero-order valence-electron chi connectivity index (χ0n) is 16.4. The average molecular weight is 378 g/mol. The first-order valence-corrected chi connectivity index (χ1v) is 10.3. The topological polar surface area (TPSA) is 44.8 Å². The monoisotopic (exact) mass is 378 g/mol. The zero-order valence-corrected chi connectivity index (χ0v) is 16.4. The second kappa shape index (κ2) is 9.65. The van der Waals surface area contributed by atoms with Crippen LogP contribution in [0.2, 0.25) is 0 Å². The van der Waals surface area contributed by atoms with Crippen molar-refractivity contribution in [3.05, 3.63) is 35.1 Å². The molecule has 0 aromatic heterocycles. The molecule has 1 saturated carbocycles. The Bertz CT molecular complexity index is 617. The molecule has 1 saturated heterocycles. The van der Waals surface area contributed by atoms with E-state index in [9.17, 15) is 9.18 Å². The summed E-state index contributed by atoms with van der Waals surface area (Å²) in [4.78, 5) is 12.4. The maximum atomic E-state index is 14.5. The van der Waals surface area contributed by atoms with Crippen molar-refractivity contribution < 1.29 is 23.4 Å². The number of hydrogen-bond donors (Lipinski definition) is 0. The van der Waals surface area contributed by atoms with E-state index in [4.69, 9.17) is 14.2 Å². The molecule has 1 aliphatic carbocycles. The van der Waals surface area contributed by atoms with E-state index in [-0.39, 0.29) is 11.7 Å². The highest BCUT2D eigenvalue weighted by Crippen LogP contribution is 2.31. The molecule has 0 radical (unpaired) electrons. The van der Waals surface area contributed by atoms with E-state index < -0.39 is 18.1 Å². The fraction of sp³-hybridized carbons (Fsp3) is 0.682. The maximum Gasteiger partial charge on any atom is 0.338 e. The molecule has 4 nitrogen and oxygen atoms in total. The lowest BCUT2D eigenvalue weighted by atomic mass is 9.86. The van der Waals surface area contributed by atoms with Crippen LogP contribution in [0.3, 0.4) is 0 Å². The third-order valence-electron chi connectivity index (χ3n) is 5.80. The van der Waals surface area contributed by atoms with E-state index in [0.717, 1.165) is 44.4 Å². The minimum absolute atomic E-state index is 0.0523. The van der Waals surface area contributed by atoms with Crippen LogP contribution in [0.15, 0.2) is 18.2 Å². The van der Waals surface area contributed by atoms with Crippen molar-refractivity contribution in [3.63, 3.8) is 0 Å². The van der Waals surface area contributed by atoms with Crippen LogP contribution in [0.25, 0.3) is 0 Å². The minimum Gasteiger partial charge on any atom is -0.459 e. The van der Waals surface area contributed by atoms with E-state index in [1.807, 2.05) is 0 Å². The van der Waals surface area contributed by atoms with Crippen molar-refractivity contribution in [2.24, 2.45) is 11.8 Å². The molecule has 5 heteroatoms. The van der Waals surface area contributed by atoms with Gasteiger partial charge in [0.15, 0.2) is 6.29 Å². The first-order valence-electron chi connectivity index (χ1n) is 10.3.